The minimum Gasteiger partial charge on any atom is -0.378 e. The molecule has 0 amide bonds. The Bertz CT molecular complexity index is 768. The molecule has 1 aliphatic carbocycles. The highest BCUT2D eigenvalue weighted by atomic mass is 16.5. The molecule has 1 saturated carbocycles. The second-order valence-electron chi connectivity index (χ2n) is 7.60. The molecule has 0 bridgehead atoms. The molecule has 3 rings (SSSR count). The van der Waals surface area contributed by atoms with Gasteiger partial charge >= 0.3 is 0 Å². The summed E-state index contributed by atoms with van der Waals surface area (Å²) in [6.45, 7) is 7.34. The Kier molecular flexibility index (Phi) is 5.05. The van der Waals surface area contributed by atoms with E-state index in [2.05, 4.69) is 53.6 Å². The normalized spacial score (nSPS) is 24.8. The summed E-state index contributed by atoms with van der Waals surface area (Å²) >= 11 is 0. The SMILES string of the molecule is CN=C(NCc1cccc(-n2cccn2)c1)NC1CC(C)(OC)C1(C)C. The Hall–Kier alpha value is -2.34. The number of hydrogen-bond acceptors (Lipinski definition) is 3. The first-order valence-electron chi connectivity index (χ1n) is 9.01. The highest BCUT2D eigenvalue weighted by Gasteiger charge is 2.58. The van der Waals surface area contributed by atoms with Gasteiger partial charge in [0.1, 0.15) is 0 Å². The third-order valence-electron chi connectivity index (χ3n) is 5.95. The Morgan fingerprint density at radius 2 is 2.15 bits per heavy atom. The zero-order valence-corrected chi connectivity index (χ0v) is 16.3. The minimum absolute atomic E-state index is 0.0411. The van der Waals surface area contributed by atoms with Crippen LogP contribution in [0.4, 0.5) is 0 Å². The molecule has 1 aromatic carbocycles. The second kappa shape index (κ2) is 7.11. The van der Waals surface area contributed by atoms with Gasteiger partial charge in [0, 0.05) is 44.6 Å². The monoisotopic (exact) mass is 355 g/mol. The van der Waals surface area contributed by atoms with Crippen molar-refractivity contribution in [3.8, 4) is 5.69 Å². The van der Waals surface area contributed by atoms with E-state index >= 15 is 0 Å². The van der Waals surface area contributed by atoms with Crippen LogP contribution < -0.4 is 10.6 Å². The van der Waals surface area contributed by atoms with Gasteiger partial charge in [-0.3, -0.25) is 4.99 Å². The van der Waals surface area contributed by atoms with Crippen molar-refractivity contribution in [3.63, 3.8) is 0 Å². The van der Waals surface area contributed by atoms with Crippen molar-refractivity contribution in [2.75, 3.05) is 14.2 Å². The standard InChI is InChI=1S/C20H29N5O/c1-19(2)17(13-20(19,3)26-5)24-18(21-4)22-14-15-8-6-9-16(12-15)25-11-7-10-23-25/h6-12,17H,13-14H2,1-5H3,(H2,21,22,24). The minimum atomic E-state index is -0.0956. The molecule has 2 N–H and O–H groups in total. The number of nitrogens with one attached hydrogen (secondary N) is 2. The topological polar surface area (TPSA) is 63.5 Å². The maximum absolute atomic E-state index is 5.70. The Labute approximate surface area is 155 Å². The smallest absolute Gasteiger partial charge is 0.191 e. The highest BCUT2D eigenvalue weighted by molar-refractivity contribution is 5.80. The largest absolute Gasteiger partial charge is 0.378 e. The molecule has 26 heavy (non-hydrogen) atoms. The lowest BCUT2D eigenvalue weighted by Gasteiger charge is -2.59. The van der Waals surface area contributed by atoms with E-state index in [0.29, 0.717) is 12.6 Å². The highest BCUT2D eigenvalue weighted by Crippen LogP contribution is 2.51. The predicted molar refractivity (Wildman–Crippen MR) is 104 cm³/mol. The lowest BCUT2D eigenvalue weighted by molar-refractivity contribution is -0.176. The van der Waals surface area contributed by atoms with Crippen molar-refractivity contribution in [3.05, 3.63) is 48.3 Å². The molecule has 0 radical (unpaired) electrons. The van der Waals surface area contributed by atoms with Crippen LogP contribution in [0.25, 0.3) is 5.69 Å². The van der Waals surface area contributed by atoms with Crippen molar-refractivity contribution < 1.29 is 4.74 Å². The van der Waals surface area contributed by atoms with Crippen LogP contribution in [0, 0.1) is 5.41 Å². The van der Waals surface area contributed by atoms with E-state index in [1.807, 2.05) is 29.1 Å². The summed E-state index contributed by atoms with van der Waals surface area (Å²) in [5.74, 6) is 0.811. The molecule has 2 aromatic rings. The molecular formula is C20H29N5O. The first-order chi connectivity index (χ1) is 12.4. The Morgan fingerprint density at radius 1 is 1.35 bits per heavy atom. The van der Waals surface area contributed by atoms with E-state index < -0.39 is 0 Å². The van der Waals surface area contributed by atoms with Crippen LogP contribution in [0.1, 0.15) is 32.8 Å². The zero-order valence-electron chi connectivity index (χ0n) is 16.3. The second-order valence-corrected chi connectivity index (χ2v) is 7.60. The van der Waals surface area contributed by atoms with Gasteiger partial charge in [-0.25, -0.2) is 4.68 Å². The number of guanidine groups is 1. The zero-order chi connectivity index (χ0) is 18.8. The summed E-state index contributed by atoms with van der Waals surface area (Å²) in [5.41, 5.74) is 2.17. The van der Waals surface area contributed by atoms with E-state index in [1.54, 1.807) is 20.4 Å². The fourth-order valence-electron chi connectivity index (χ4n) is 3.50. The van der Waals surface area contributed by atoms with E-state index in [4.69, 9.17) is 4.74 Å². The van der Waals surface area contributed by atoms with Gasteiger partial charge in [0.2, 0.25) is 0 Å². The maximum atomic E-state index is 5.70. The summed E-state index contributed by atoms with van der Waals surface area (Å²) in [7, 11) is 3.59. The fourth-order valence-corrected chi connectivity index (χ4v) is 3.50. The van der Waals surface area contributed by atoms with Crippen molar-refractivity contribution in [2.24, 2.45) is 10.4 Å². The average Bonchev–Trinajstić information content (AvgIpc) is 3.19. The van der Waals surface area contributed by atoms with Crippen LogP contribution in [0.5, 0.6) is 0 Å². The number of hydrogen-bond donors (Lipinski definition) is 2. The molecule has 6 nitrogen and oxygen atoms in total. The predicted octanol–water partition coefficient (Wildman–Crippen LogP) is 2.74. The molecule has 140 valence electrons. The van der Waals surface area contributed by atoms with Gasteiger partial charge in [-0.2, -0.15) is 5.10 Å². The molecule has 1 aromatic heterocycles. The molecule has 2 atom stereocenters. The number of ether oxygens (including phenoxy) is 1. The van der Waals surface area contributed by atoms with Crippen LogP contribution in [-0.2, 0) is 11.3 Å². The first kappa shape index (κ1) is 18.5. The van der Waals surface area contributed by atoms with Gasteiger partial charge in [-0.1, -0.05) is 26.0 Å². The molecule has 0 spiro atoms. The quantitative estimate of drug-likeness (QED) is 0.639. The molecule has 1 fully saturated rings. The average molecular weight is 355 g/mol. The van der Waals surface area contributed by atoms with Crippen LogP contribution >= 0.6 is 0 Å². The molecule has 0 saturated heterocycles. The first-order valence-corrected chi connectivity index (χ1v) is 9.01. The molecular weight excluding hydrogens is 326 g/mol. The number of benzene rings is 1. The van der Waals surface area contributed by atoms with E-state index in [9.17, 15) is 0 Å². The lowest BCUT2D eigenvalue weighted by Crippen LogP contribution is -2.69. The van der Waals surface area contributed by atoms with Gasteiger partial charge in [-0.15, -0.1) is 0 Å². The van der Waals surface area contributed by atoms with Crippen LogP contribution in [-0.4, -0.2) is 41.5 Å². The van der Waals surface area contributed by atoms with E-state index in [0.717, 1.165) is 18.1 Å². The van der Waals surface area contributed by atoms with Gasteiger partial charge in [0.05, 0.1) is 11.3 Å². The van der Waals surface area contributed by atoms with Gasteiger partial charge in [-0.05, 0) is 37.1 Å². The maximum Gasteiger partial charge on any atom is 0.191 e. The lowest BCUT2D eigenvalue weighted by atomic mass is 9.56. The van der Waals surface area contributed by atoms with E-state index in [-0.39, 0.29) is 11.0 Å². The van der Waals surface area contributed by atoms with Crippen molar-refractivity contribution >= 4 is 5.96 Å². The van der Waals surface area contributed by atoms with Crippen molar-refractivity contribution in [2.45, 2.75) is 45.4 Å². The summed E-state index contributed by atoms with van der Waals surface area (Å²) in [4.78, 5) is 4.37. The molecule has 1 heterocycles. The summed E-state index contributed by atoms with van der Waals surface area (Å²) in [6.07, 6.45) is 4.69. The van der Waals surface area contributed by atoms with Crippen molar-refractivity contribution in [1.29, 1.82) is 0 Å². The molecule has 2 unspecified atom stereocenters. The third kappa shape index (κ3) is 3.33. The molecule has 1 aliphatic rings. The van der Waals surface area contributed by atoms with Crippen LogP contribution in [0.3, 0.4) is 0 Å². The summed E-state index contributed by atoms with van der Waals surface area (Å²) in [5, 5.41) is 11.2. The Morgan fingerprint density at radius 3 is 2.77 bits per heavy atom. The molecule has 0 aliphatic heterocycles. The fraction of sp³-hybridized carbons (Fsp3) is 0.500. The number of methoxy groups -OCH3 is 1. The van der Waals surface area contributed by atoms with Gasteiger partial charge in [0.25, 0.3) is 0 Å². The summed E-state index contributed by atoms with van der Waals surface area (Å²) in [6, 6.07) is 10.6. The number of aliphatic imine (C=N–C) groups is 1. The Balaban J connectivity index is 1.60. The third-order valence-corrected chi connectivity index (χ3v) is 5.95. The number of aromatic nitrogens is 2. The van der Waals surface area contributed by atoms with Crippen molar-refractivity contribution in [1.82, 2.24) is 20.4 Å². The number of rotatable bonds is 5. The molecule has 6 heteroatoms. The van der Waals surface area contributed by atoms with Gasteiger partial charge < -0.3 is 15.4 Å². The summed E-state index contributed by atoms with van der Waals surface area (Å²) < 4.78 is 7.56. The van der Waals surface area contributed by atoms with Crippen LogP contribution in [0.2, 0.25) is 0 Å². The van der Waals surface area contributed by atoms with Gasteiger partial charge in [0.15, 0.2) is 5.96 Å². The van der Waals surface area contributed by atoms with Crippen LogP contribution in [0.15, 0.2) is 47.7 Å². The number of nitrogens with zero attached hydrogens (tertiary/aromatic N) is 3. The van der Waals surface area contributed by atoms with E-state index in [1.165, 1.54) is 5.56 Å².